The Labute approximate surface area is 117 Å². The summed E-state index contributed by atoms with van der Waals surface area (Å²) in [5.74, 6) is 2.27. The summed E-state index contributed by atoms with van der Waals surface area (Å²) in [4.78, 5) is 11.7. The third kappa shape index (κ3) is 3.90. The molecule has 0 aliphatic carbocycles. The third-order valence-electron chi connectivity index (χ3n) is 2.85. The van der Waals surface area contributed by atoms with Crippen molar-refractivity contribution >= 4 is 35.0 Å². The number of halogens is 1. The Balaban J connectivity index is 1.75. The fraction of sp³-hybridized carbons (Fsp3) is 0.462. The van der Waals surface area contributed by atoms with Gasteiger partial charge in [0.25, 0.3) is 0 Å². The fourth-order valence-corrected chi connectivity index (χ4v) is 2.92. The van der Waals surface area contributed by atoms with E-state index in [1.807, 2.05) is 25.1 Å². The molecule has 0 radical (unpaired) electrons. The minimum atomic E-state index is 0.0121. The van der Waals surface area contributed by atoms with Crippen LogP contribution in [0.1, 0.15) is 5.56 Å². The standard InChI is InChI=1S/C13H17ClN2OS/c1-9-2-3-12(11(14)4-9)16-13(17)8-18-7-10-5-15-6-10/h2-4,10,15H,5-8H2,1H3,(H,16,17). The topological polar surface area (TPSA) is 41.1 Å². The Hall–Kier alpha value is -0.710. The quantitative estimate of drug-likeness (QED) is 0.873. The first-order chi connectivity index (χ1) is 8.65. The highest BCUT2D eigenvalue weighted by molar-refractivity contribution is 7.99. The van der Waals surface area contributed by atoms with Crippen molar-refractivity contribution in [2.24, 2.45) is 5.92 Å². The highest BCUT2D eigenvalue weighted by atomic mass is 35.5. The first-order valence-electron chi connectivity index (χ1n) is 5.99. The van der Waals surface area contributed by atoms with Crippen LogP contribution < -0.4 is 10.6 Å². The van der Waals surface area contributed by atoms with Crippen LogP contribution in [0.4, 0.5) is 5.69 Å². The number of aryl methyl sites for hydroxylation is 1. The Morgan fingerprint density at radius 1 is 1.56 bits per heavy atom. The van der Waals surface area contributed by atoms with Crippen LogP contribution >= 0.6 is 23.4 Å². The molecule has 0 bridgehead atoms. The third-order valence-corrected chi connectivity index (χ3v) is 4.34. The molecule has 1 aliphatic heterocycles. The fourth-order valence-electron chi connectivity index (χ4n) is 1.69. The summed E-state index contributed by atoms with van der Waals surface area (Å²) < 4.78 is 0. The van der Waals surface area contributed by atoms with E-state index in [0.717, 1.165) is 30.3 Å². The molecule has 0 spiro atoms. The molecule has 1 fully saturated rings. The number of benzene rings is 1. The number of carbonyl (C=O) groups is 1. The van der Waals surface area contributed by atoms with E-state index >= 15 is 0 Å². The van der Waals surface area contributed by atoms with E-state index in [4.69, 9.17) is 11.6 Å². The molecule has 3 nitrogen and oxygen atoms in total. The van der Waals surface area contributed by atoms with E-state index in [1.54, 1.807) is 11.8 Å². The van der Waals surface area contributed by atoms with Gasteiger partial charge in [-0.3, -0.25) is 4.79 Å². The maximum absolute atomic E-state index is 11.7. The van der Waals surface area contributed by atoms with Crippen molar-refractivity contribution in [2.45, 2.75) is 6.92 Å². The van der Waals surface area contributed by atoms with Gasteiger partial charge in [0.1, 0.15) is 0 Å². The molecule has 0 saturated carbocycles. The maximum Gasteiger partial charge on any atom is 0.234 e. The molecule has 5 heteroatoms. The molecular formula is C13H17ClN2OS. The zero-order chi connectivity index (χ0) is 13.0. The second-order valence-corrected chi connectivity index (χ2v) is 6.01. The predicted molar refractivity (Wildman–Crippen MR) is 78.5 cm³/mol. The Bertz CT molecular complexity index is 435. The van der Waals surface area contributed by atoms with Crippen LogP contribution in [0.15, 0.2) is 18.2 Å². The minimum absolute atomic E-state index is 0.0121. The summed E-state index contributed by atoms with van der Waals surface area (Å²) in [6.45, 7) is 4.14. The van der Waals surface area contributed by atoms with E-state index in [1.165, 1.54) is 0 Å². The highest BCUT2D eigenvalue weighted by Crippen LogP contribution is 2.23. The van der Waals surface area contributed by atoms with Crippen molar-refractivity contribution in [1.82, 2.24) is 5.32 Å². The summed E-state index contributed by atoms with van der Waals surface area (Å²) in [6.07, 6.45) is 0. The Morgan fingerprint density at radius 2 is 2.33 bits per heavy atom. The first kappa shape index (κ1) is 13.7. The predicted octanol–water partition coefficient (Wildman–Crippen LogP) is 2.54. The van der Waals surface area contributed by atoms with Crippen LogP contribution in [0.25, 0.3) is 0 Å². The van der Waals surface area contributed by atoms with Gasteiger partial charge in [-0.2, -0.15) is 11.8 Å². The Morgan fingerprint density at radius 3 is 2.94 bits per heavy atom. The number of hydrogen-bond acceptors (Lipinski definition) is 3. The van der Waals surface area contributed by atoms with Crippen molar-refractivity contribution in [2.75, 3.05) is 29.9 Å². The van der Waals surface area contributed by atoms with E-state index in [9.17, 15) is 4.79 Å². The minimum Gasteiger partial charge on any atom is -0.324 e. The molecule has 98 valence electrons. The Kier molecular flexibility index (Phi) is 4.92. The van der Waals surface area contributed by atoms with Gasteiger partial charge >= 0.3 is 0 Å². The molecule has 2 N–H and O–H groups in total. The van der Waals surface area contributed by atoms with Crippen LogP contribution in [0.5, 0.6) is 0 Å². The molecule has 1 amide bonds. The summed E-state index contributed by atoms with van der Waals surface area (Å²) in [6, 6.07) is 5.63. The van der Waals surface area contributed by atoms with Gasteiger partial charge in [0.15, 0.2) is 0 Å². The highest BCUT2D eigenvalue weighted by Gasteiger charge is 2.16. The van der Waals surface area contributed by atoms with Gasteiger partial charge in [-0.15, -0.1) is 0 Å². The second-order valence-electron chi connectivity index (χ2n) is 4.57. The molecule has 1 saturated heterocycles. The number of carbonyl (C=O) groups excluding carboxylic acids is 1. The number of amides is 1. The average molecular weight is 285 g/mol. The van der Waals surface area contributed by atoms with Crippen molar-refractivity contribution in [3.63, 3.8) is 0 Å². The molecule has 0 atom stereocenters. The monoisotopic (exact) mass is 284 g/mol. The molecule has 0 aromatic heterocycles. The number of nitrogens with one attached hydrogen (secondary N) is 2. The number of rotatable bonds is 5. The average Bonchev–Trinajstić information content (AvgIpc) is 2.26. The zero-order valence-electron chi connectivity index (χ0n) is 10.3. The van der Waals surface area contributed by atoms with Gasteiger partial charge < -0.3 is 10.6 Å². The summed E-state index contributed by atoms with van der Waals surface area (Å²) in [5, 5.41) is 6.65. The number of anilines is 1. The zero-order valence-corrected chi connectivity index (χ0v) is 11.9. The summed E-state index contributed by atoms with van der Waals surface area (Å²) >= 11 is 7.74. The lowest BCUT2D eigenvalue weighted by Crippen LogP contribution is -2.43. The van der Waals surface area contributed by atoms with Crippen molar-refractivity contribution in [3.8, 4) is 0 Å². The van der Waals surface area contributed by atoms with Gasteiger partial charge in [-0.05, 0) is 49.4 Å². The van der Waals surface area contributed by atoms with Crippen LogP contribution in [0.3, 0.4) is 0 Å². The van der Waals surface area contributed by atoms with Gasteiger partial charge in [0.2, 0.25) is 5.91 Å². The van der Waals surface area contributed by atoms with Crippen LogP contribution in [-0.4, -0.2) is 30.5 Å². The summed E-state index contributed by atoms with van der Waals surface area (Å²) in [5.41, 5.74) is 1.78. The molecule has 1 aromatic rings. The molecule has 1 aromatic carbocycles. The largest absolute Gasteiger partial charge is 0.324 e. The molecule has 18 heavy (non-hydrogen) atoms. The first-order valence-corrected chi connectivity index (χ1v) is 7.53. The van der Waals surface area contributed by atoms with Gasteiger partial charge in [0, 0.05) is 0 Å². The number of hydrogen-bond donors (Lipinski definition) is 2. The maximum atomic E-state index is 11.7. The number of thioether (sulfide) groups is 1. The lowest BCUT2D eigenvalue weighted by molar-refractivity contribution is -0.113. The van der Waals surface area contributed by atoms with Crippen LogP contribution in [0, 0.1) is 12.8 Å². The van der Waals surface area contributed by atoms with Gasteiger partial charge in [-0.25, -0.2) is 0 Å². The molecule has 2 rings (SSSR count). The van der Waals surface area contributed by atoms with Crippen molar-refractivity contribution in [3.05, 3.63) is 28.8 Å². The van der Waals surface area contributed by atoms with E-state index < -0.39 is 0 Å². The van der Waals surface area contributed by atoms with Crippen LogP contribution in [-0.2, 0) is 4.79 Å². The second kappa shape index (κ2) is 6.45. The van der Waals surface area contributed by atoms with Crippen molar-refractivity contribution in [1.29, 1.82) is 0 Å². The lowest BCUT2D eigenvalue weighted by atomic mass is 10.1. The van der Waals surface area contributed by atoms with Crippen molar-refractivity contribution < 1.29 is 4.79 Å². The van der Waals surface area contributed by atoms with E-state index in [2.05, 4.69) is 10.6 Å². The van der Waals surface area contributed by atoms with E-state index in [-0.39, 0.29) is 5.91 Å². The summed E-state index contributed by atoms with van der Waals surface area (Å²) in [7, 11) is 0. The van der Waals surface area contributed by atoms with Crippen LogP contribution in [0.2, 0.25) is 5.02 Å². The van der Waals surface area contributed by atoms with Gasteiger partial charge in [0.05, 0.1) is 16.5 Å². The smallest absolute Gasteiger partial charge is 0.234 e. The SMILES string of the molecule is Cc1ccc(NC(=O)CSCC2CNC2)c(Cl)c1. The molecule has 1 aliphatic rings. The lowest BCUT2D eigenvalue weighted by Gasteiger charge is -2.26. The molecule has 1 heterocycles. The molecule has 0 unspecified atom stereocenters. The molecular weight excluding hydrogens is 268 g/mol. The normalized spacial score (nSPS) is 15.2. The van der Waals surface area contributed by atoms with Gasteiger partial charge in [-0.1, -0.05) is 17.7 Å². The van der Waals surface area contributed by atoms with E-state index in [0.29, 0.717) is 16.5 Å².